The number of hydrogen-bond acceptors (Lipinski definition) is 1. The molecule has 4 aliphatic carbocycles. The molecule has 30 heavy (non-hydrogen) atoms. The molecule has 1 nitrogen and oxygen atoms in total. The summed E-state index contributed by atoms with van der Waals surface area (Å²) in [5, 5.41) is 0. The molecule has 0 aromatic heterocycles. The van der Waals surface area contributed by atoms with Gasteiger partial charge in [-0.25, -0.2) is 0 Å². The molecule has 1 heteroatoms. The smallest absolute Gasteiger partial charge is 0.0462 e. The Kier molecular flexibility index (Phi) is 8.18. The van der Waals surface area contributed by atoms with Crippen molar-refractivity contribution in [2.24, 2.45) is 41.4 Å². The second kappa shape index (κ2) is 10.8. The van der Waals surface area contributed by atoms with Gasteiger partial charge in [0.05, 0.1) is 0 Å². The van der Waals surface area contributed by atoms with E-state index in [0.29, 0.717) is 0 Å². The summed E-state index contributed by atoms with van der Waals surface area (Å²) in [6.45, 7) is 9.58. The lowest BCUT2D eigenvalue weighted by Gasteiger charge is -2.37. The van der Waals surface area contributed by atoms with Crippen molar-refractivity contribution >= 4 is 0 Å². The molecule has 0 aromatic rings. The summed E-state index contributed by atoms with van der Waals surface area (Å²) >= 11 is 0. The standard InChI is InChI=1S/C29H48O/c1-21-13-26-10-8-24(19-28(26)15-21)17-23(7-5-4-6-12-30-3)18-25-9-11-27-14-22(2)16-29(27)20-25/h23-29H,1-2,4-20H2,3H3/t23?,24-,25?,26?,27?,28+,29+/m0/s1. The molecule has 0 radical (unpaired) electrons. The van der Waals surface area contributed by atoms with Crippen LogP contribution >= 0.6 is 0 Å². The second-order valence-electron chi connectivity index (χ2n) is 11.9. The van der Waals surface area contributed by atoms with E-state index in [-0.39, 0.29) is 0 Å². The summed E-state index contributed by atoms with van der Waals surface area (Å²) in [7, 11) is 1.84. The summed E-state index contributed by atoms with van der Waals surface area (Å²) in [4.78, 5) is 0. The fourth-order valence-electron chi connectivity index (χ4n) is 8.09. The molecule has 7 atom stereocenters. The lowest BCUT2D eigenvalue weighted by Crippen LogP contribution is -2.25. The van der Waals surface area contributed by atoms with Gasteiger partial charge >= 0.3 is 0 Å². The first kappa shape index (κ1) is 22.6. The quantitative estimate of drug-likeness (QED) is 0.259. The van der Waals surface area contributed by atoms with Gasteiger partial charge < -0.3 is 4.74 Å². The summed E-state index contributed by atoms with van der Waals surface area (Å²) in [5.41, 5.74) is 3.10. The van der Waals surface area contributed by atoms with E-state index in [4.69, 9.17) is 4.74 Å². The van der Waals surface area contributed by atoms with E-state index in [1.807, 2.05) is 7.11 Å². The SMILES string of the molecule is C=C1CC2CCC(CC(CCCCCOC)C[C@@H]3CCC4CC(=C)C[C@@H]4C3)C[C@H]2C1. The Morgan fingerprint density at radius 2 is 1.27 bits per heavy atom. The summed E-state index contributed by atoms with van der Waals surface area (Å²) in [5.74, 6) is 6.94. The van der Waals surface area contributed by atoms with Crippen molar-refractivity contribution in [1.29, 1.82) is 0 Å². The Morgan fingerprint density at radius 1 is 0.733 bits per heavy atom. The fourth-order valence-corrected chi connectivity index (χ4v) is 8.09. The molecule has 0 aliphatic heterocycles. The molecule has 0 saturated heterocycles. The van der Waals surface area contributed by atoms with Gasteiger partial charge in [-0.15, -0.1) is 0 Å². The van der Waals surface area contributed by atoms with E-state index < -0.39 is 0 Å². The van der Waals surface area contributed by atoms with Gasteiger partial charge in [0.15, 0.2) is 0 Å². The van der Waals surface area contributed by atoms with E-state index in [1.54, 1.807) is 11.1 Å². The molecule has 0 bridgehead atoms. The highest BCUT2D eigenvalue weighted by Crippen LogP contribution is 2.50. The van der Waals surface area contributed by atoms with Crippen LogP contribution in [0.1, 0.15) is 103 Å². The highest BCUT2D eigenvalue weighted by Gasteiger charge is 2.38. The molecule has 4 saturated carbocycles. The summed E-state index contributed by atoms with van der Waals surface area (Å²) in [6.07, 6.45) is 22.9. The topological polar surface area (TPSA) is 9.23 Å². The van der Waals surface area contributed by atoms with Crippen LogP contribution in [-0.4, -0.2) is 13.7 Å². The van der Waals surface area contributed by atoms with Gasteiger partial charge in [0.2, 0.25) is 0 Å². The van der Waals surface area contributed by atoms with E-state index >= 15 is 0 Å². The highest BCUT2D eigenvalue weighted by molar-refractivity contribution is 5.08. The molecule has 170 valence electrons. The van der Waals surface area contributed by atoms with Crippen LogP contribution in [0.2, 0.25) is 0 Å². The number of rotatable bonds is 10. The average molecular weight is 413 g/mol. The van der Waals surface area contributed by atoms with Crippen molar-refractivity contribution in [1.82, 2.24) is 0 Å². The molecule has 0 spiro atoms. The molecule has 0 N–H and O–H groups in total. The number of hydrogen-bond donors (Lipinski definition) is 0. The Labute approximate surface area is 187 Å². The zero-order valence-electron chi connectivity index (χ0n) is 19.9. The fraction of sp³-hybridized carbons (Fsp3) is 0.862. The summed E-state index contributed by atoms with van der Waals surface area (Å²) < 4.78 is 5.28. The third-order valence-electron chi connectivity index (χ3n) is 9.49. The molecule has 4 rings (SSSR count). The van der Waals surface area contributed by atoms with Crippen LogP contribution in [0.25, 0.3) is 0 Å². The molecular formula is C29H48O. The van der Waals surface area contributed by atoms with Crippen LogP contribution in [0.5, 0.6) is 0 Å². The molecular weight excluding hydrogens is 364 g/mol. The summed E-state index contributed by atoms with van der Waals surface area (Å²) in [6, 6.07) is 0. The van der Waals surface area contributed by atoms with Gasteiger partial charge in [0.25, 0.3) is 0 Å². The van der Waals surface area contributed by atoms with Crippen LogP contribution in [0, 0.1) is 41.4 Å². The number of allylic oxidation sites excluding steroid dienone is 2. The Hall–Kier alpha value is -0.560. The van der Waals surface area contributed by atoms with Crippen LogP contribution in [0.4, 0.5) is 0 Å². The molecule has 4 fully saturated rings. The number of ether oxygens (including phenoxy) is 1. The van der Waals surface area contributed by atoms with Gasteiger partial charge in [0, 0.05) is 13.7 Å². The van der Waals surface area contributed by atoms with E-state index in [1.165, 1.54) is 103 Å². The predicted molar refractivity (Wildman–Crippen MR) is 128 cm³/mol. The zero-order valence-corrected chi connectivity index (χ0v) is 19.9. The largest absolute Gasteiger partial charge is 0.385 e. The second-order valence-corrected chi connectivity index (χ2v) is 11.9. The number of methoxy groups -OCH3 is 1. The van der Waals surface area contributed by atoms with Gasteiger partial charge in [-0.3, -0.25) is 0 Å². The molecule has 0 aromatic carbocycles. The minimum Gasteiger partial charge on any atom is -0.385 e. The van der Waals surface area contributed by atoms with Crippen molar-refractivity contribution < 1.29 is 4.74 Å². The Morgan fingerprint density at radius 3 is 1.80 bits per heavy atom. The van der Waals surface area contributed by atoms with Crippen LogP contribution in [0.3, 0.4) is 0 Å². The molecule has 4 aliphatic rings. The van der Waals surface area contributed by atoms with Crippen LogP contribution in [-0.2, 0) is 4.74 Å². The van der Waals surface area contributed by atoms with Crippen molar-refractivity contribution in [3.8, 4) is 0 Å². The van der Waals surface area contributed by atoms with Gasteiger partial charge in [-0.1, -0.05) is 56.4 Å². The Bertz CT molecular complexity index is 533. The van der Waals surface area contributed by atoms with E-state index in [9.17, 15) is 0 Å². The maximum Gasteiger partial charge on any atom is 0.0462 e. The first-order valence-electron chi connectivity index (χ1n) is 13.4. The van der Waals surface area contributed by atoms with Crippen molar-refractivity contribution in [3.05, 3.63) is 24.3 Å². The third-order valence-corrected chi connectivity index (χ3v) is 9.49. The number of fused-ring (bicyclic) bond motifs is 2. The average Bonchev–Trinajstić information content (AvgIpc) is 3.27. The Balaban J connectivity index is 1.28. The van der Waals surface area contributed by atoms with Crippen LogP contribution in [0.15, 0.2) is 24.3 Å². The van der Waals surface area contributed by atoms with Crippen LogP contribution < -0.4 is 0 Å². The maximum absolute atomic E-state index is 5.28. The van der Waals surface area contributed by atoms with Gasteiger partial charge in [-0.05, 0) is 112 Å². The molecule has 0 heterocycles. The minimum atomic E-state index is 0.940. The van der Waals surface area contributed by atoms with Crippen molar-refractivity contribution in [2.75, 3.05) is 13.7 Å². The molecule has 4 unspecified atom stereocenters. The third kappa shape index (κ3) is 6.02. The van der Waals surface area contributed by atoms with E-state index in [2.05, 4.69) is 13.2 Å². The first-order chi connectivity index (χ1) is 14.6. The highest BCUT2D eigenvalue weighted by atomic mass is 16.5. The van der Waals surface area contributed by atoms with Gasteiger partial charge in [-0.2, -0.15) is 0 Å². The van der Waals surface area contributed by atoms with Crippen molar-refractivity contribution in [3.63, 3.8) is 0 Å². The van der Waals surface area contributed by atoms with Gasteiger partial charge in [0.1, 0.15) is 0 Å². The predicted octanol–water partition coefficient (Wildman–Crippen LogP) is 8.35. The minimum absolute atomic E-state index is 0.940. The first-order valence-corrected chi connectivity index (χ1v) is 13.4. The monoisotopic (exact) mass is 412 g/mol. The van der Waals surface area contributed by atoms with Crippen molar-refractivity contribution in [2.45, 2.75) is 103 Å². The lowest BCUT2D eigenvalue weighted by atomic mass is 9.69. The zero-order chi connectivity index (χ0) is 20.9. The lowest BCUT2D eigenvalue weighted by molar-refractivity contribution is 0.143. The molecule has 0 amide bonds. The number of unbranched alkanes of at least 4 members (excludes halogenated alkanes) is 2. The van der Waals surface area contributed by atoms with E-state index in [0.717, 1.165) is 48.0 Å². The normalized spacial score (nSPS) is 37.2. The maximum atomic E-state index is 5.28.